The summed E-state index contributed by atoms with van der Waals surface area (Å²) < 4.78 is 0. The lowest BCUT2D eigenvalue weighted by Crippen LogP contribution is -2.57. The van der Waals surface area contributed by atoms with E-state index < -0.39 is 0 Å². The Morgan fingerprint density at radius 2 is 1.64 bits per heavy atom. The van der Waals surface area contributed by atoms with E-state index in [1.807, 2.05) is 0 Å². The van der Waals surface area contributed by atoms with Crippen LogP contribution in [0.2, 0.25) is 0 Å². The lowest BCUT2D eigenvalue weighted by molar-refractivity contribution is -0.163. The predicted molar refractivity (Wildman–Crippen MR) is 86.4 cm³/mol. The van der Waals surface area contributed by atoms with Gasteiger partial charge in [0.05, 0.1) is 0 Å². The van der Waals surface area contributed by atoms with E-state index in [0.29, 0.717) is 22.9 Å². The number of hydrogen-bond donors (Lipinski definition) is 0. The molecule has 122 valence electrons. The first-order valence-electron chi connectivity index (χ1n) is 9.35. The molecule has 0 aliphatic heterocycles. The number of hydrogen-bond acceptors (Lipinski definition) is 2. The van der Waals surface area contributed by atoms with Gasteiger partial charge in [-0.1, -0.05) is 20.8 Å². The van der Waals surface area contributed by atoms with Crippen LogP contribution >= 0.6 is 0 Å². The molecule has 2 heteroatoms. The summed E-state index contributed by atoms with van der Waals surface area (Å²) in [7, 11) is 0. The van der Waals surface area contributed by atoms with Crippen LogP contribution in [0, 0.1) is 34.0 Å². The Labute approximate surface area is 134 Å². The second-order valence-electron chi connectivity index (χ2n) is 9.53. The van der Waals surface area contributed by atoms with Gasteiger partial charge >= 0.3 is 0 Å². The summed E-state index contributed by atoms with van der Waals surface area (Å²) in [5.74, 6) is 3.11. The molecule has 4 saturated carbocycles. The van der Waals surface area contributed by atoms with E-state index in [4.69, 9.17) is 0 Å². The third-order valence-corrected chi connectivity index (χ3v) is 8.88. The molecule has 4 fully saturated rings. The average Bonchev–Trinajstić information content (AvgIpc) is 2.76. The molecule has 0 saturated heterocycles. The van der Waals surface area contributed by atoms with Crippen molar-refractivity contribution in [3.63, 3.8) is 0 Å². The summed E-state index contributed by atoms with van der Waals surface area (Å²) in [4.78, 5) is 24.5. The molecule has 2 nitrogen and oxygen atoms in total. The quantitative estimate of drug-likeness (QED) is 0.657. The zero-order chi connectivity index (χ0) is 15.8. The van der Waals surface area contributed by atoms with Crippen LogP contribution in [0.5, 0.6) is 0 Å². The Hall–Kier alpha value is -0.660. The lowest BCUT2D eigenvalue weighted by Gasteiger charge is -2.63. The van der Waals surface area contributed by atoms with E-state index in [9.17, 15) is 9.59 Å². The van der Waals surface area contributed by atoms with Crippen molar-refractivity contribution >= 4 is 11.6 Å². The van der Waals surface area contributed by atoms with E-state index in [1.165, 1.54) is 19.3 Å². The van der Waals surface area contributed by atoms with Gasteiger partial charge in [-0.15, -0.1) is 0 Å². The van der Waals surface area contributed by atoms with Crippen molar-refractivity contribution in [3.8, 4) is 0 Å². The van der Waals surface area contributed by atoms with Gasteiger partial charge in [0.2, 0.25) is 0 Å². The highest BCUT2D eigenvalue weighted by Gasteiger charge is 2.63. The molecule has 4 aliphatic carbocycles. The molecule has 0 aromatic rings. The third-order valence-electron chi connectivity index (χ3n) is 8.88. The van der Waals surface area contributed by atoms with Crippen molar-refractivity contribution in [1.82, 2.24) is 0 Å². The third kappa shape index (κ3) is 1.67. The molecule has 0 amide bonds. The molecule has 0 aromatic carbocycles. The average molecular weight is 302 g/mol. The van der Waals surface area contributed by atoms with Crippen LogP contribution in [0.3, 0.4) is 0 Å². The highest BCUT2D eigenvalue weighted by atomic mass is 16.1. The molecule has 0 spiro atoms. The minimum atomic E-state index is -0.0181. The Bertz CT molecular complexity index is 538. The van der Waals surface area contributed by atoms with Crippen LogP contribution < -0.4 is 0 Å². The standard InChI is InChI=1S/C20H30O2/c1-18-9-7-14-15-4-5-17(22)19(15,2)10-8-16(14)20(18,3)11-6-13(21)12-18/h14-16H,4-12H2,1-3H3/t14-,15-,16-,18-,19+,20-/m0/s1. The summed E-state index contributed by atoms with van der Waals surface area (Å²) in [6, 6.07) is 0. The summed E-state index contributed by atoms with van der Waals surface area (Å²) in [6.07, 6.45) is 9.36. The van der Waals surface area contributed by atoms with Gasteiger partial charge in [0.1, 0.15) is 11.6 Å². The summed E-state index contributed by atoms with van der Waals surface area (Å²) >= 11 is 0. The molecule has 0 radical (unpaired) electrons. The van der Waals surface area contributed by atoms with Gasteiger partial charge < -0.3 is 0 Å². The highest BCUT2D eigenvalue weighted by molar-refractivity contribution is 5.87. The first-order chi connectivity index (χ1) is 10.3. The summed E-state index contributed by atoms with van der Waals surface area (Å²) in [5.41, 5.74) is 0.506. The van der Waals surface area contributed by atoms with E-state index in [0.717, 1.165) is 50.4 Å². The maximum Gasteiger partial charge on any atom is 0.139 e. The maximum atomic E-state index is 12.4. The zero-order valence-corrected chi connectivity index (χ0v) is 14.4. The van der Waals surface area contributed by atoms with Crippen molar-refractivity contribution in [3.05, 3.63) is 0 Å². The highest BCUT2D eigenvalue weighted by Crippen LogP contribution is 2.68. The number of carbonyl (C=O) groups excluding carboxylic acids is 2. The molecule has 0 unspecified atom stereocenters. The first-order valence-corrected chi connectivity index (χ1v) is 9.35. The SMILES string of the molecule is C[C@@]12CC[C@H]3[C@@H]4CCC(=O)[C@]4(C)CC[C@@H]3[C@]1(C)CCC(=O)C2. The molecule has 4 aliphatic rings. The minimum Gasteiger partial charge on any atom is -0.300 e. The Balaban J connectivity index is 1.69. The maximum absolute atomic E-state index is 12.4. The van der Waals surface area contributed by atoms with Gasteiger partial charge in [-0.25, -0.2) is 0 Å². The van der Waals surface area contributed by atoms with E-state index in [2.05, 4.69) is 20.8 Å². The molecule has 0 aromatic heterocycles. The van der Waals surface area contributed by atoms with Crippen molar-refractivity contribution in [2.75, 3.05) is 0 Å². The van der Waals surface area contributed by atoms with Gasteiger partial charge in [0, 0.05) is 24.7 Å². The fourth-order valence-corrected chi connectivity index (χ4v) is 7.17. The Kier molecular flexibility index (Phi) is 3.02. The number of ketones is 2. The Morgan fingerprint density at radius 3 is 2.41 bits per heavy atom. The van der Waals surface area contributed by atoms with Crippen molar-refractivity contribution in [1.29, 1.82) is 0 Å². The first kappa shape index (κ1) is 14.9. The lowest BCUT2D eigenvalue weighted by atomic mass is 9.41. The second kappa shape index (κ2) is 4.45. The fraction of sp³-hybridized carbons (Fsp3) is 0.900. The molecule has 4 rings (SSSR count). The van der Waals surface area contributed by atoms with Crippen molar-refractivity contribution in [2.45, 2.75) is 78.6 Å². The number of rotatable bonds is 0. The minimum absolute atomic E-state index is 0.0181. The molecule has 0 N–H and O–H groups in total. The summed E-state index contributed by atoms with van der Waals surface area (Å²) in [5, 5.41) is 0. The van der Waals surface area contributed by atoms with Gasteiger partial charge in [-0.05, 0) is 67.1 Å². The molecule has 22 heavy (non-hydrogen) atoms. The van der Waals surface area contributed by atoms with Crippen LogP contribution in [0.25, 0.3) is 0 Å². The molecular formula is C20H30O2. The van der Waals surface area contributed by atoms with Crippen molar-refractivity contribution in [2.24, 2.45) is 34.0 Å². The topological polar surface area (TPSA) is 34.1 Å². The van der Waals surface area contributed by atoms with Crippen LogP contribution in [0.1, 0.15) is 78.6 Å². The number of carbonyl (C=O) groups is 2. The second-order valence-corrected chi connectivity index (χ2v) is 9.53. The number of fused-ring (bicyclic) bond motifs is 5. The Morgan fingerprint density at radius 1 is 0.864 bits per heavy atom. The summed E-state index contributed by atoms with van der Waals surface area (Å²) in [6.45, 7) is 7.12. The smallest absolute Gasteiger partial charge is 0.139 e. The van der Waals surface area contributed by atoms with Gasteiger partial charge in [0.15, 0.2) is 0 Å². The van der Waals surface area contributed by atoms with E-state index >= 15 is 0 Å². The van der Waals surface area contributed by atoms with Gasteiger partial charge in [-0.3, -0.25) is 9.59 Å². The zero-order valence-electron chi connectivity index (χ0n) is 14.4. The van der Waals surface area contributed by atoms with Crippen LogP contribution in [-0.4, -0.2) is 11.6 Å². The van der Waals surface area contributed by atoms with E-state index in [1.54, 1.807) is 0 Å². The van der Waals surface area contributed by atoms with E-state index in [-0.39, 0.29) is 10.8 Å². The van der Waals surface area contributed by atoms with Crippen LogP contribution in [-0.2, 0) is 9.59 Å². The number of Topliss-reactive ketones (excluding diaryl/α,β-unsaturated/α-hetero) is 2. The normalized spacial score (nSPS) is 54.6. The fourth-order valence-electron chi connectivity index (χ4n) is 7.17. The van der Waals surface area contributed by atoms with Crippen molar-refractivity contribution < 1.29 is 9.59 Å². The molecule has 0 bridgehead atoms. The predicted octanol–water partition coefficient (Wildman–Crippen LogP) is 4.56. The van der Waals surface area contributed by atoms with Gasteiger partial charge in [0.25, 0.3) is 0 Å². The molecular weight excluding hydrogens is 272 g/mol. The van der Waals surface area contributed by atoms with Crippen LogP contribution in [0.15, 0.2) is 0 Å². The van der Waals surface area contributed by atoms with Gasteiger partial charge in [-0.2, -0.15) is 0 Å². The molecule has 0 heterocycles. The largest absolute Gasteiger partial charge is 0.300 e. The monoisotopic (exact) mass is 302 g/mol. The van der Waals surface area contributed by atoms with Crippen LogP contribution in [0.4, 0.5) is 0 Å². The molecule has 6 atom stereocenters.